The summed E-state index contributed by atoms with van der Waals surface area (Å²) < 4.78 is 1.03. The average Bonchev–Trinajstić information content (AvgIpc) is 2.37. The average molecular weight is 305 g/mol. The van der Waals surface area contributed by atoms with Crippen LogP contribution in [0.4, 0.5) is 0 Å². The van der Waals surface area contributed by atoms with E-state index in [0.29, 0.717) is 6.04 Å². The van der Waals surface area contributed by atoms with Gasteiger partial charge in [-0.25, -0.2) is 0 Å². The predicted octanol–water partition coefficient (Wildman–Crippen LogP) is 3.66. The van der Waals surface area contributed by atoms with Gasteiger partial charge in [0.15, 0.2) is 0 Å². The summed E-state index contributed by atoms with van der Waals surface area (Å²) in [5, 5.41) is 3.38. The highest BCUT2D eigenvalue weighted by atomic mass is 79.9. The van der Waals surface area contributed by atoms with Gasteiger partial charge in [-0.1, -0.05) is 24.3 Å². The van der Waals surface area contributed by atoms with Gasteiger partial charge in [0.25, 0.3) is 0 Å². The van der Waals surface area contributed by atoms with E-state index in [4.69, 9.17) is 0 Å². The van der Waals surface area contributed by atoms with Crippen LogP contribution in [0.15, 0.2) is 47.2 Å². The summed E-state index contributed by atoms with van der Waals surface area (Å²) in [6.45, 7) is 2.15. The Hall–Kier alpha value is -1.19. The third kappa shape index (κ3) is 3.18. The molecule has 0 saturated heterocycles. The second kappa shape index (κ2) is 6.12. The number of hydrogen-bond donors (Lipinski definition) is 1. The Morgan fingerprint density at radius 2 is 2.06 bits per heavy atom. The van der Waals surface area contributed by atoms with E-state index >= 15 is 0 Å². The molecule has 1 atom stereocenters. The highest BCUT2D eigenvalue weighted by Crippen LogP contribution is 2.22. The number of pyridine rings is 1. The summed E-state index contributed by atoms with van der Waals surface area (Å²) in [5.74, 6) is 0. The molecule has 1 N–H and O–H groups in total. The van der Waals surface area contributed by atoms with Crippen molar-refractivity contribution in [3.05, 3.63) is 63.9 Å². The SMILES string of the molecule is CNC(Cc1cncc(Br)c1)c1ccccc1C. The maximum absolute atomic E-state index is 4.21. The molecule has 3 heteroatoms. The third-order valence-corrected chi connectivity index (χ3v) is 3.55. The number of likely N-dealkylation sites (N-methyl/N-ethyl adjacent to an activating group) is 1. The molecule has 0 saturated carbocycles. The Kier molecular flexibility index (Phi) is 4.50. The van der Waals surface area contributed by atoms with Crippen molar-refractivity contribution in [2.75, 3.05) is 7.05 Å². The molecular formula is C15H17BrN2. The lowest BCUT2D eigenvalue weighted by atomic mass is 9.96. The number of rotatable bonds is 4. The van der Waals surface area contributed by atoms with Crippen LogP contribution < -0.4 is 5.32 Å². The minimum Gasteiger partial charge on any atom is -0.313 e. The lowest BCUT2D eigenvalue weighted by molar-refractivity contribution is 0.588. The first-order valence-electron chi connectivity index (χ1n) is 6.03. The van der Waals surface area contributed by atoms with Gasteiger partial charge in [0, 0.05) is 22.9 Å². The number of halogens is 1. The van der Waals surface area contributed by atoms with E-state index in [0.717, 1.165) is 10.9 Å². The molecular weight excluding hydrogens is 288 g/mol. The zero-order valence-electron chi connectivity index (χ0n) is 10.7. The topological polar surface area (TPSA) is 24.9 Å². The first-order chi connectivity index (χ1) is 8.70. The Morgan fingerprint density at radius 1 is 1.28 bits per heavy atom. The lowest BCUT2D eigenvalue weighted by Gasteiger charge is -2.18. The maximum Gasteiger partial charge on any atom is 0.0410 e. The van der Waals surface area contributed by atoms with Gasteiger partial charge in [-0.15, -0.1) is 0 Å². The molecule has 0 amide bonds. The van der Waals surface area contributed by atoms with Gasteiger partial charge >= 0.3 is 0 Å². The molecule has 2 rings (SSSR count). The number of benzene rings is 1. The fraction of sp³-hybridized carbons (Fsp3) is 0.267. The van der Waals surface area contributed by atoms with Crippen LogP contribution in [0.1, 0.15) is 22.7 Å². The van der Waals surface area contributed by atoms with E-state index in [1.807, 2.05) is 19.4 Å². The van der Waals surface area contributed by atoms with Crippen molar-refractivity contribution >= 4 is 15.9 Å². The molecule has 1 aromatic carbocycles. The van der Waals surface area contributed by atoms with Crippen LogP contribution in [0, 0.1) is 6.92 Å². The normalized spacial score (nSPS) is 12.4. The van der Waals surface area contributed by atoms with Crippen molar-refractivity contribution in [3.8, 4) is 0 Å². The Labute approximate surface area is 117 Å². The first-order valence-corrected chi connectivity index (χ1v) is 6.82. The van der Waals surface area contributed by atoms with Gasteiger partial charge < -0.3 is 5.32 Å². The zero-order valence-corrected chi connectivity index (χ0v) is 12.2. The minimum atomic E-state index is 0.322. The van der Waals surface area contributed by atoms with E-state index in [1.54, 1.807) is 0 Å². The zero-order chi connectivity index (χ0) is 13.0. The van der Waals surface area contributed by atoms with Gasteiger partial charge in [-0.3, -0.25) is 4.98 Å². The quantitative estimate of drug-likeness (QED) is 0.932. The van der Waals surface area contributed by atoms with Crippen LogP contribution in [0.2, 0.25) is 0 Å². The number of hydrogen-bond acceptors (Lipinski definition) is 2. The molecule has 1 aromatic heterocycles. The van der Waals surface area contributed by atoms with Crippen molar-refractivity contribution < 1.29 is 0 Å². The standard InChI is InChI=1S/C15H17BrN2/c1-11-5-3-4-6-14(11)15(17-2)8-12-7-13(16)10-18-9-12/h3-7,9-10,15,17H,8H2,1-2H3. The van der Waals surface area contributed by atoms with Crippen LogP contribution in [-0.2, 0) is 6.42 Å². The fourth-order valence-electron chi connectivity index (χ4n) is 2.15. The van der Waals surface area contributed by atoms with Crippen molar-refractivity contribution in [2.45, 2.75) is 19.4 Å². The molecule has 0 bridgehead atoms. The summed E-state index contributed by atoms with van der Waals surface area (Å²) >= 11 is 3.46. The third-order valence-electron chi connectivity index (χ3n) is 3.11. The van der Waals surface area contributed by atoms with Gasteiger partial charge in [-0.2, -0.15) is 0 Å². The molecule has 0 fully saturated rings. The summed E-state index contributed by atoms with van der Waals surface area (Å²) in [7, 11) is 2.00. The number of aromatic nitrogens is 1. The summed E-state index contributed by atoms with van der Waals surface area (Å²) in [6.07, 6.45) is 4.67. The van der Waals surface area contributed by atoms with Crippen molar-refractivity contribution in [1.29, 1.82) is 0 Å². The van der Waals surface area contributed by atoms with Crippen molar-refractivity contribution in [2.24, 2.45) is 0 Å². The molecule has 2 nitrogen and oxygen atoms in total. The van der Waals surface area contributed by atoms with Crippen LogP contribution in [0.3, 0.4) is 0 Å². The van der Waals surface area contributed by atoms with Crippen molar-refractivity contribution in [3.63, 3.8) is 0 Å². The molecule has 0 spiro atoms. The van der Waals surface area contributed by atoms with Crippen LogP contribution in [0.25, 0.3) is 0 Å². The highest BCUT2D eigenvalue weighted by Gasteiger charge is 2.12. The van der Waals surface area contributed by atoms with E-state index in [2.05, 4.69) is 63.5 Å². The second-order valence-electron chi connectivity index (χ2n) is 4.41. The highest BCUT2D eigenvalue weighted by molar-refractivity contribution is 9.10. The van der Waals surface area contributed by atoms with Gasteiger partial charge in [0.2, 0.25) is 0 Å². The number of nitrogens with one attached hydrogen (secondary N) is 1. The molecule has 2 aromatic rings. The number of aryl methyl sites for hydroxylation is 1. The molecule has 18 heavy (non-hydrogen) atoms. The van der Waals surface area contributed by atoms with E-state index < -0.39 is 0 Å². The van der Waals surface area contributed by atoms with E-state index in [9.17, 15) is 0 Å². The molecule has 94 valence electrons. The van der Waals surface area contributed by atoms with E-state index in [-0.39, 0.29) is 0 Å². The first kappa shape index (κ1) is 13.2. The number of nitrogens with zero attached hydrogens (tertiary/aromatic N) is 1. The summed E-state index contributed by atoms with van der Waals surface area (Å²) in [5.41, 5.74) is 3.90. The Balaban J connectivity index is 2.23. The van der Waals surface area contributed by atoms with Crippen LogP contribution in [0.5, 0.6) is 0 Å². The van der Waals surface area contributed by atoms with Crippen molar-refractivity contribution in [1.82, 2.24) is 10.3 Å². The summed E-state index contributed by atoms with van der Waals surface area (Å²) in [4.78, 5) is 4.21. The Morgan fingerprint density at radius 3 is 2.72 bits per heavy atom. The molecule has 0 aliphatic rings. The molecule has 1 unspecified atom stereocenters. The molecule has 0 aliphatic heterocycles. The molecule has 1 heterocycles. The van der Waals surface area contributed by atoms with Gasteiger partial charge in [0.1, 0.15) is 0 Å². The largest absolute Gasteiger partial charge is 0.313 e. The van der Waals surface area contributed by atoms with Gasteiger partial charge in [0.05, 0.1) is 0 Å². The molecule has 0 radical (unpaired) electrons. The van der Waals surface area contributed by atoms with Crippen LogP contribution in [-0.4, -0.2) is 12.0 Å². The molecule has 0 aliphatic carbocycles. The maximum atomic E-state index is 4.21. The monoisotopic (exact) mass is 304 g/mol. The van der Waals surface area contributed by atoms with Crippen LogP contribution >= 0.6 is 15.9 Å². The van der Waals surface area contributed by atoms with Gasteiger partial charge in [-0.05, 0) is 59.1 Å². The summed E-state index contributed by atoms with van der Waals surface area (Å²) in [6, 6.07) is 10.9. The smallest absolute Gasteiger partial charge is 0.0410 e. The lowest BCUT2D eigenvalue weighted by Crippen LogP contribution is -2.19. The van der Waals surface area contributed by atoms with E-state index in [1.165, 1.54) is 16.7 Å². The second-order valence-corrected chi connectivity index (χ2v) is 5.33. The minimum absolute atomic E-state index is 0.322. The fourth-order valence-corrected chi connectivity index (χ4v) is 2.56. The predicted molar refractivity (Wildman–Crippen MR) is 78.6 cm³/mol. The Bertz CT molecular complexity index is 525.